The van der Waals surface area contributed by atoms with E-state index in [1.807, 2.05) is 31.2 Å². The van der Waals surface area contributed by atoms with Crippen molar-refractivity contribution >= 4 is 11.6 Å². The van der Waals surface area contributed by atoms with Crippen molar-refractivity contribution in [2.45, 2.75) is 26.8 Å². The van der Waals surface area contributed by atoms with Crippen molar-refractivity contribution in [2.24, 2.45) is 0 Å². The topological polar surface area (TPSA) is 54.3 Å². The molecule has 2 rings (SSSR count). The Labute approximate surface area is 119 Å². The van der Waals surface area contributed by atoms with Crippen LogP contribution >= 0.6 is 0 Å². The number of amides is 1. The predicted molar refractivity (Wildman–Crippen MR) is 79.9 cm³/mol. The van der Waals surface area contributed by atoms with Gasteiger partial charge in [-0.25, -0.2) is 0 Å². The molecule has 0 aliphatic carbocycles. The lowest BCUT2D eigenvalue weighted by atomic mass is 10.1. The van der Waals surface area contributed by atoms with Crippen LogP contribution in [0.1, 0.15) is 41.6 Å². The van der Waals surface area contributed by atoms with Crippen LogP contribution in [0.2, 0.25) is 0 Å². The van der Waals surface area contributed by atoms with Gasteiger partial charge in [0.1, 0.15) is 0 Å². The molecule has 0 saturated carbocycles. The Morgan fingerprint density at radius 3 is 2.50 bits per heavy atom. The van der Waals surface area contributed by atoms with E-state index in [1.165, 1.54) is 11.8 Å². The normalized spacial score (nSPS) is 12.2. The van der Waals surface area contributed by atoms with Gasteiger partial charge in [0.05, 0.1) is 6.26 Å². The molecule has 20 heavy (non-hydrogen) atoms. The molecule has 1 amide bonds. The number of anilines is 1. The first-order valence-electron chi connectivity index (χ1n) is 6.80. The van der Waals surface area contributed by atoms with Gasteiger partial charge in [-0.15, -0.1) is 0 Å². The Morgan fingerprint density at radius 1 is 1.25 bits per heavy atom. The molecule has 1 aromatic carbocycles. The highest BCUT2D eigenvalue weighted by atomic mass is 16.3. The number of furan rings is 1. The first kappa shape index (κ1) is 14.3. The average Bonchev–Trinajstić information content (AvgIpc) is 2.86. The van der Waals surface area contributed by atoms with Crippen molar-refractivity contribution in [1.29, 1.82) is 0 Å². The molecular formula is C16H20N2O2. The van der Waals surface area contributed by atoms with Gasteiger partial charge in [-0.1, -0.05) is 19.1 Å². The number of rotatable bonds is 5. The monoisotopic (exact) mass is 272 g/mol. The number of nitrogens with one attached hydrogen (secondary N) is 2. The van der Waals surface area contributed by atoms with Gasteiger partial charge >= 0.3 is 0 Å². The average molecular weight is 272 g/mol. The molecule has 2 N–H and O–H groups in total. The number of carbonyl (C=O) groups excluding carboxylic acids is 1. The molecule has 0 aliphatic heterocycles. The zero-order chi connectivity index (χ0) is 14.5. The van der Waals surface area contributed by atoms with Crippen LogP contribution in [0.15, 0.2) is 41.0 Å². The number of benzene rings is 1. The lowest BCUT2D eigenvalue weighted by molar-refractivity contribution is 0.0996. The molecule has 1 unspecified atom stereocenters. The molecule has 0 spiro atoms. The summed E-state index contributed by atoms with van der Waals surface area (Å²) in [5, 5.41) is 6.18. The van der Waals surface area contributed by atoms with Gasteiger partial charge in [0.25, 0.3) is 5.91 Å². The second kappa shape index (κ2) is 6.39. The van der Waals surface area contributed by atoms with Crippen LogP contribution in [0.25, 0.3) is 0 Å². The fourth-order valence-corrected chi connectivity index (χ4v) is 2.07. The summed E-state index contributed by atoms with van der Waals surface area (Å²) in [6.07, 6.45) is 1.52. The summed E-state index contributed by atoms with van der Waals surface area (Å²) >= 11 is 0. The van der Waals surface area contributed by atoms with Gasteiger partial charge in [-0.2, -0.15) is 0 Å². The summed E-state index contributed by atoms with van der Waals surface area (Å²) in [5.74, 6) is 0.134. The van der Waals surface area contributed by atoms with Crippen molar-refractivity contribution in [2.75, 3.05) is 11.9 Å². The Bertz CT molecular complexity index is 572. The van der Waals surface area contributed by atoms with Gasteiger partial charge in [-0.05, 0) is 44.2 Å². The standard InChI is InChI=1S/C16H20N2O2/c1-4-17-12(3)13-5-7-14(8-6-13)18-16(19)15-11(2)9-10-20-15/h5-10,12,17H,4H2,1-3H3,(H,18,19). The van der Waals surface area contributed by atoms with Gasteiger partial charge < -0.3 is 15.1 Å². The van der Waals surface area contributed by atoms with Crippen LogP contribution in [-0.2, 0) is 0 Å². The second-order valence-electron chi connectivity index (χ2n) is 4.79. The second-order valence-corrected chi connectivity index (χ2v) is 4.79. The molecule has 0 radical (unpaired) electrons. The van der Waals surface area contributed by atoms with Gasteiger partial charge in [0.15, 0.2) is 5.76 Å². The lowest BCUT2D eigenvalue weighted by Crippen LogP contribution is -2.17. The van der Waals surface area contributed by atoms with Gasteiger partial charge in [-0.3, -0.25) is 4.79 Å². The van der Waals surface area contributed by atoms with E-state index in [0.29, 0.717) is 11.8 Å². The summed E-state index contributed by atoms with van der Waals surface area (Å²) in [5.41, 5.74) is 2.79. The van der Waals surface area contributed by atoms with E-state index >= 15 is 0 Å². The molecule has 4 nitrogen and oxygen atoms in total. The van der Waals surface area contributed by atoms with E-state index < -0.39 is 0 Å². The third-order valence-electron chi connectivity index (χ3n) is 3.25. The summed E-state index contributed by atoms with van der Waals surface area (Å²) in [6.45, 7) is 6.97. The molecule has 106 valence electrons. The van der Waals surface area contributed by atoms with Crippen LogP contribution in [0, 0.1) is 6.92 Å². The van der Waals surface area contributed by atoms with Crippen molar-refractivity contribution < 1.29 is 9.21 Å². The predicted octanol–water partition coefficient (Wildman–Crippen LogP) is 3.51. The SMILES string of the molecule is CCNC(C)c1ccc(NC(=O)c2occc2C)cc1. The molecule has 1 atom stereocenters. The first-order valence-corrected chi connectivity index (χ1v) is 6.80. The minimum absolute atomic E-state index is 0.222. The number of aryl methyl sites for hydroxylation is 1. The highest BCUT2D eigenvalue weighted by Crippen LogP contribution is 2.17. The van der Waals surface area contributed by atoms with Crippen LogP contribution in [0.4, 0.5) is 5.69 Å². The summed E-state index contributed by atoms with van der Waals surface area (Å²) in [4.78, 5) is 12.0. The Hall–Kier alpha value is -2.07. The number of hydrogen-bond acceptors (Lipinski definition) is 3. The Morgan fingerprint density at radius 2 is 1.95 bits per heavy atom. The van der Waals surface area contributed by atoms with Gasteiger partial charge in [0, 0.05) is 17.3 Å². The minimum atomic E-state index is -0.222. The Kier molecular flexibility index (Phi) is 4.58. The molecule has 4 heteroatoms. The maximum atomic E-state index is 12.0. The van der Waals surface area contributed by atoms with Crippen LogP contribution < -0.4 is 10.6 Å². The van der Waals surface area contributed by atoms with Crippen molar-refractivity contribution in [3.8, 4) is 0 Å². The molecule has 0 saturated heterocycles. The van der Waals surface area contributed by atoms with E-state index in [2.05, 4.69) is 24.5 Å². The third-order valence-corrected chi connectivity index (χ3v) is 3.25. The lowest BCUT2D eigenvalue weighted by Gasteiger charge is -2.13. The van der Waals surface area contributed by atoms with E-state index in [1.54, 1.807) is 6.07 Å². The van der Waals surface area contributed by atoms with Crippen molar-refractivity contribution in [1.82, 2.24) is 5.32 Å². The van der Waals surface area contributed by atoms with Crippen molar-refractivity contribution in [3.05, 3.63) is 53.5 Å². The zero-order valence-electron chi connectivity index (χ0n) is 12.1. The summed E-state index contributed by atoms with van der Waals surface area (Å²) < 4.78 is 5.17. The van der Waals surface area contributed by atoms with E-state index in [0.717, 1.165) is 17.8 Å². The number of carbonyl (C=O) groups is 1. The maximum absolute atomic E-state index is 12.0. The minimum Gasteiger partial charge on any atom is -0.459 e. The van der Waals surface area contributed by atoms with E-state index in [9.17, 15) is 4.79 Å². The van der Waals surface area contributed by atoms with Crippen LogP contribution in [0.3, 0.4) is 0 Å². The van der Waals surface area contributed by atoms with Gasteiger partial charge in [0.2, 0.25) is 0 Å². The summed E-state index contributed by atoms with van der Waals surface area (Å²) in [6, 6.07) is 9.90. The van der Waals surface area contributed by atoms with Crippen LogP contribution in [-0.4, -0.2) is 12.5 Å². The van der Waals surface area contributed by atoms with Crippen molar-refractivity contribution in [3.63, 3.8) is 0 Å². The highest BCUT2D eigenvalue weighted by Gasteiger charge is 2.12. The molecule has 2 aromatic rings. The Balaban J connectivity index is 2.04. The van der Waals surface area contributed by atoms with Crippen LogP contribution in [0.5, 0.6) is 0 Å². The fourth-order valence-electron chi connectivity index (χ4n) is 2.07. The first-order chi connectivity index (χ1) is 9.61. The van der Waals surface area contributed by atoms with E-state index in [-0.39, 0.29) is 5.91 Å². The third kappa shape index (κ3) is 3.27. The molecule has 0 bridgehead atoms. The highest BCUT2D eigenvalue weighted by molar-refractivity contribution is 6.03. The largest absolute Gasteiger partial charge is 0.459 e. The smallest absolute Gasteiger partial charge is 0.291 e. The molecule has 0 aliphatic rings. The quantitative estimate of drug-likeness (QED) is 0.875. The molecular weight excluding hydrogens is 252 g/mol. The molecule has 1 heterocycles. The molecule has 0 fully saturated rings. The molecule has 1 aromatic heterocycles. The number of hydrogen-bond donors (Lipinski definition) is 2. The fraction of sp³-hybridized carbons (Fsp3) is 0.312. The summed E-state index contributed by atoms with van der Waals surface area (Å²) in [7, 11) is 0. The zero-order valence-corrected chi connectivity index (χ0v) is 12.1. The van der Waals surface area contributed by atoms with E-state index in [4.69, 9.17) is 4.42 Å². The maximum Gasteiger partial charge on any atom is 0.291 e.